The third kappa shape index (κ3) is 6.14. The molecule has 2 aromatic carbocycles. The Morgan fingerprint density at radius 3 is 1.80 bits per heavy atom. The predicted molar refractivity (Wildman–Crippen MR) is 140 cm³/mol. The van der Waals surface area contributed by atoms with Crippen molar-refractivity contribution in [1.82, 2.24) is 5.32 Å². The molecule has 3 atom stereocenters. The molecule has 1 aliphatic carbocycles. The second-order valence-electron chi connectivity index (χ2n) is 11.3. The zero-order valence-electron chi connectivity index (χ0n) is 22.0. The van der Waals surface area contributed by atoms with Crippen LogP contribution in [-0.2, 0) is 18.7 Å². The van der Waals surface area contributed by atoms with Crippen molar-refractivity contribution in [2.45, 2.75) is 77.2 Å². The van der Waals surface area contributed by atoms with E-state index >= 15 is 0 Å². The Labute approximate surface area is 210 Å². The zero-order valence-corrected chi connectivity index (χ0v) is 23.0. The van der Waals surface area contributed by atoms with Crippen LogP contribution in [0.1, 0.15) is 54.4 Å². The molecule has 0 aliphatic heterocycles. The largest absolute Gasteiger partial charge is 0.469 e. The molecule has 0 aromatic heterocycles. The summed E-state index contributed by atoms with van der Waals surface area (Å²) in [5.41, 5.74) is -0.626. The average Bonchev–Trinajstić information content (AvgIpc) is 3.17. The number of alkyl carbamates (subject to hydrolysis) is 1. The maximum Gasteiger partial charge on any atom is 0.407 e. The van der Waals surface area contributed by atoms with Crippen molar-refractivity contribution < 1.29 is 23.5 Å². The minimum atomic E-state index is -2.87. The number of hydrogen-bond acceptors (Lipinski definition) is 5. The molecular formula is C28H39NO5Si. The fourth-order valence-corrected chi connectivity index (χ4v) is 9.75. The summed E-state index contributed by atoms with van der Waals surface area (Å²) < 4.78 is 17.8. The van der Waals surface area contributed by atoms with Crippen molar-refractivity contribution in [1.29, 1.82) is 0 Å². The predicted octanol–water partition coefficient (Wildman–Crippen LogP) is 4.41. The maximum absolute atomic E-state index is 12.7. The van der Waals surface area contributed by atoms with E-state index in [0.29, 0.717) is 12.8 Å². The van der Waals surface area contributed by atoms with Crippen molar-refractivity contribution in [3.05, 3.63) is 60.7 Å². The van der Waals surface area contributed by atoms with Crippen LogP contribution in [0.5, 0.6) is 0 Å². The molecule has 0 heterocycles. The maximum atomic E-state index is 12.7. The number of hydrogen-bond donors (Lipinski definition) is 1. The first-order chi connectivity index (χ1) is 16.4. The van der Waals surface area contributed by atoms with Crippen molar-refractivity contribution in [3.63, 3.8) is 0 Å². The van der Waals surface area contributed by atoms with Gasteiger partial charge in [0, 0.05) is 0 Å². The van der Waals surface area contributed by atoms with E-state index in [4.69, 9.17) is 13.9 Å². The third-order valence-corrected chi connectivity index (χ3v) is 11.5. The van der Waals surface area contributed by atoms with Crippen molar-refractivity contribution in [2.24, 2.45) is 5.92 Å². The van der Waals surface area contributed by atoms with E-state index in [9.17, 15) is 9.59 Å². The summed E-state index contributed by atoms with van der Waals surface area (Å²) in [4.78, 5) is 25.2. The van der Waals surface area contributed by atoms with E-state index in [2.05, 4.69) is 50.4 Å². The van der Waals surface area contributed by atoms with E-state index in [1.165, 1.54) is 7.11 Å². The topological polar surface area (TPSA) is 73.9 Å². The van der Waals surface area contributed by atoms with E-state index in [1.807, 2.05) is 57.2 Å². The molecule has 1 amide bonds. The Balaban J connectivity index is 2.06. The normalized spacial score (nSPS) is 20.8. The summed E-state index contributed by atoms with van der Waals surface area (Å²) in [6.07, 6.45) is 0.0221. The van der Waals surface area contributed by atoms with Gasteiger partial charge in [-0.1, -0.05) is 81.4 Å². The van der Waals surface area contributed by atoms with Crippen LogP contribution in [-0.4, -0.2) is 45.2 Å². The Kier molecular flexibility index (Phi) is 8.12. The number of carbonyl (C=O) groups is 2. The molecule has 0 radical (unpaired) electrons. The Morgan fingerprint density at radius 1 is 0.857 bits per heavy atom. The van der Waals surface area contributed by atoms with Crippen LogP contribution < -0.4 is 15.7 Å². The molecule has 7 heteroatoms. The second kappa shape index (κ2) is 10.5. The van der Waals surface area contributed by atoms with Gasteiger partial charge in [-0.05, 0) is 49.0 Å². The SMILES string of the molecule is COC(=O)[C@@H]1C[C@@H](NC(=O)OC(C)(C)C)[C@H](O[Si](c2ccccc2)(c2ccccc2)C(C)(C)C)C1. The smallest absolute Gasteiger partial charge is 0.407 e. The van der Waals surface area contributed by atoms with Crippen LogP contribution in [0.15, 0.2) is 60.7 Å². The number of carbonyl (C=O) groups excluding carboxylic acids is 2. The van der Waals surface area contributed by atoms with E-state index in [1.54, 1.807) is 0 Å². The minimum Gasteiger partial charge on any atom is -0.469 e. The molecule has 1 fully saturated rings. The van der Waals surface area contributed by atoms with Gasteiger partial charge in [0.2, 0.25) is 0 Å². The summed E-state index contributed by atoms with van der Waals surface area (Å²) >= 11 is 0. The fourth-order valence-electron chi connectivity index (χ4n) is 5.02. The lowest BCUT2D eigenvalue weighted by Gasteiger charge is -2.45. The van der Waals surface area contributed by atoms with Gasteiger partial charge >= 0.3 is 12.1 Å². The van der Waals surface area contributed by atoms with Crippen LogP contribution in [0.4, 0.5) is 4.79 Å². The molecule has 0 bridgehead atoms. The lowest BCUT2D eigenvalue weighted by atomic mass is 10.1. The summed E-state index contributed by atoms with van der Waals surface area (Å²) in [5, 5.41) is 5.07. The average molecular weight is 498 g/mol. The van der Waals surface area contributed by atoms with E-state index in [-0.39, 0.29) is 29.1 Å². The van der Waals surface area contributed by atoms with Crippen molar-refractivity contribution in [3.8, 4) is 0 Å². The number of rotatable bonds is 6. The van der Waals surface area contributed by atoms with Crippen LogP contribution in [0, 0.1) is 5.92 Å². The van der Waals surface area contributed by atoms with Gasteiger partial charge in [0.05, 0.1) is 25.2 Å². The van der Waals surface area contributed by atoms with Crippen LogP contribution >= 0.6 is 0 Å². The molecule has 1 saturated carbocycles. The quantitative estimate of drug-likeness (QED) is 0.473. The Morgan fingerprint density at radius 2 is 1.37 bits per heavy atom. The number of methoxy groups -OCH3 is 1. The molecule has 0 spiro atoms. The van der Waals surface area contributed by atoms with E-state index < -0.39 is 20.0 Å². The van der Waals surface area contributed by atoms with Gasteiger partial charge in [-0.2, -0.15) is 0 Å². The van der Waals surface area contributed by atoms with Gasteiger partial charge in [0.15, 0.2) is 0 Å². The Bertz CT molecular complexity index is 958. The number of amides is 1. The molecule has 1 N–H and O–H groups in total. The fraction of sp³-hybridized carbons (Fsp3) is 0.500. The third-order valence-electron chi connectivity index (χ3n) is 6.49. The van der Waals surface area contributed by atoms with Gasteiger partial charge in [-0.25, -0.2) is 4.79 Å². The molecule has 1 aliphatic rings. The number of esters is 1. The first-order valence-corrected chi connectivity index (χ1v) is 14.1. The minimum absolute atomic E-state index is 0.227. The van der Waals surface area contributed by atoms with Gasteiger partial charge in [-0.3, -0.25) is 4.79 Å². The highest BCUT2D eigenvalue weighted by molar-refractivity contribution is 6.99. The van der Waals surface area contributed by atoms with Crippen LogP contribution in [0.25, 0.3) is 0 Å². The molecule has 3 rings (SSSR count). The van der Waals surface area contributed by atoms with Crippen LogP contribution in [0.2, 0.25) is 5.04 Å². The molecule has 190 valence electrons. The molecule has 0 unspecified atom stereocenters. The molecule has 6 nitrogen and oxygen atoms in total. The number of benzene rings is 2. The summed E-state index contributed by atoms with van der Waals surface area (Å²) in [5.74, 6) is -0.641. The molecule has 35 heavy (non-hydrogen) atoms. The summed E-state index contributed by atoms with van der Waals surface area (Å²) in [6, 6.07) is 20.3. The van der Waals surface area contributed by atoms with Crippen molar-refractivity contribution in [2.75, 3.05) is 7.11 Å². The highest BCUT2D eigenvalue weighted by Crippen LogP contribution is 2.41. The first kappa shape index (κ1) is 27.0. The van der Waals surface area contributed by atoms with Crippen LogP contribution in [0.3, 0.4) is 0 Å². The second-order valence-corrected chi connectivity index (χ2v) is 15.5. The number of ether oxygens (including phenoxy) is 2. The van der Waals surface area contributed by atoms with Gasteiger partial charge in [0.25, 0.3) is 8.32 Å². The summed E-state index contributed by atoms with van der Waals surface area (Å²) in [6.45, 7) is 12.1. The molecular weight excluding hydrogens is 458 g/mol. The standard InChI is InChI=1S/C28H39NO5Si/c1-27(2,3)33-26(31)29-23-18-20(25(30)32-7)19-24(23)34-35(28(4,5)6,21-14-10-8-11-15-21)22-16-12-9-13-17-22/h8-17,20,23-24H,18-19H2,1-7H3,(H,29,31)/t20-,23-,24-/m1/s1. The number of nitrogens with one attached hydrogen (secondary N) is 1. The Hall–Kier alpha value is -2.64. The van der Waals surface area contributed by atoms with Crippen molar-refractivity contribution >= 4 is 30.8 Å². The highest BCUT2D eigenvalue weighted by atomic mass is 28.4. The lowest BCUT2D eigenvalue weighted by Crippen LogP contribution is -2.68. The zero-order chi connectivity index (χ0) is 25.9. The molecule has 2 aromatic rings. The van der Waals surface area contributed by atoms with E-state index in [0.717, 1.165) is 10.4 Å². The lowest BCUT2D eigenvalue weighted by molar-refractivity contribution is -0.145. The summed E-state index contributed by atoms with van der Waals surface area (Å²) in [7, 11) is -1.48. The van der Waals surface area contributed by atoms with Gasteiger partial charge < -0.3 is 19.2 Å². The highest BCUT2D eigenvalue weighted by Gasteiger charge is 2.54. The van der Waals surface area contributed by atoms with Gasteiger partial charge in [-0.15, -0.1) is 0 Å². The first-order valence-electron chi connectivity index (χ1n) is 12.2. The monoisotopic (exact) mass is 497 g/mol. The van der Waals surface area contributed by atoms with Gasteiger partial charge in [0.1, 0.15) is 5.60 Å². The molecule has 0 saturated heterocycles.